The second kappa shape index (κ2) is 8.86. The van der Waals surface area contributed by atoms with E-state index in [2.05, 4.69) is 40.7 Å². The fourth-order valence-corrected chi connectivity index (χ4v) is 1.95. The number of guanidine groups is 1. The summed E-state index contributed by atoms with van der Waals surface area (Å²) in [6.07, 6.45) is 6.04. The van der Waals surface area contributed by atoms with Gasteiger partial charge in [0.05, 0.1) is 5.69 Å². The predicted octanol–water partition coefficient (Wildman–Crippen LogP) is 2.46. The first-order chi connectivity index (χ1) is 9.72. The maximum absolute atomic E-state index is 4.58. The van der Waals surface area contributed by atoms with E-state index in [9.17, 15) is 0 Å². The van der Waals surface area contributed by atoms with Crippen molar-refractivity contribution in [1.29, 1.82) is 0 Å². The molecule has 2 rings (SSSR count). The number of hydrogen-bond donors (Lipinski definition) is 2. The number of nitrogens with zero attached hydrogens (tertiary/aromatic N) is 3. The van der Waals surface area contributed by atoms with Crippen LogP contribution in [0.4, 0.5) is 0 Å². The molecule has 0 saturated heterocycles. The van der Waals surface area contributed by atoms with E-state index in [4.69, 9.17) is 0 Å². The summed E-state index contributed by atoms with van der Waals surface area (Å²) in [5.74, 6) is 0.850. The molecule has 0 spiro atoms. The highest BCUT2D eigenvalue weighted by atomic mass is 127. The van der Waals surface area contributed by atoms with Gasteiger partial charge in [-0.2, -0.15) is 0 Å². The lowest BCUT2D eigenvalue weighted by atomic mass is 10.3. The molecule has 0 aliphatic heterocycles. The van der Waals surface area contributed by atoms with Crippen molar-refractivity contribution >= 4 is 35.6 Å². The molecule has 2 aromatic rings. The Kier molecular flexibility index (Phi) is 7.49. The van der Waals surface area contributed by atoms with Crippen LogP contribution in [-0.2, 0) is 6.42 Å². The highest BCUT2D eigenvalue weighted by Crippen LogP contribution is 2.04. The summed E-state index contributed by atoms with van der Waals surface area (Å²) in [4.78, 5) is 8.79. The van der Waals surface area contributed by atoms with Crippen LogP contribution in [0.25, 0.3) is 5.65 Å². The number of rotatable bonds is 5. The third-order valence-electron chi connectivity index (χ3n) is 3.31. The maximum atomic E-state index is 4.58. The molecular weight excluding hydrogens is 377 g/mol. The van der Waals surface area contributed by atoms with Crippen LogP contribution < -0.4 is 10.6 Å². The van der Waals surface area contributed by atoms with Crippen molar-refractivity contribution in [3.63, 3.8) is 0 Å². The SMILES string of the molecule is CCC(C)NC(=NC)NCCc1cn2ccccc2n1.I. The Morgan fingerprint density at radius 3 is 2.90 bits per heavy atom. The Hall–Kier alpha value is -1.31. The van der Waals surface area contributed by atoms with E-state index in [1.54, 1.807) is 7.05 Å². The highest BCUT2D eigenvalue weighted by molar-refractivity contribution is 14.0. The molecule has 0 aliphatic carbocycles. The van der Waals surface area contributed by atoms with Crippen LogP contribution in [-0.4, -0.2) is 35.0 Å². The minimum atomic E-state index is 0. The summed E-state index contributed by atoms with van der Waals surface area (Å²) in [6, 6.07) is 6.45. The van der Waals surface area contributed by atoms with Gasteiger partial charge in [-0.1, -0.05) is 13.0 Å². The molecule has 0 fully saturated rings. The van der Waals surface area contributed by atoms with E-state index in [0.29, 0.717) is 6.04 Å². The topological polar surface area (TPSA) is 53.7 Å². The van der Waals surface area contributed by atoms with Crippen molar-refractivity contribution in [3.8, 4) is 0 Å². The fourth-order valence-electron chi connectivity index (χ4n) is 1.95. The lowest BCUT2D eigenvalue weighted by Crippen LogP contribution is -2.42. The Morgan fingerprint density at radius 1 is 1.43 bits per heavy atom. The summed E-state index contributed by atoms with van der Waals surface area (Å²) >= 11 is 0. The third-order valence-corrected chi connectivity index (χ3v) is 3.31. The van der Waals surface area contributed by atoms with Gasteiger partial charge in [-0.15, -0.1) is 24.0 Å². The zero-order chi connectivity index (χ0) is 14.4. The summed E-state index contributed by atoms with van der Waals surface area (Å²) < 4.78 is 2.04. The number of imidazole rings is 1. The van der Waals surface area contributed by atoms with E-state index in [1.807, 2.05) is 28.8 Å². The van der Waals surface area contributed by atoms with Gasteiger partial charge in [0, 0.05) is 38.4 Å². The van der Waals surface area contributed by atoms with Crippen molar-refractivity contribution in [1.82, 2.24) is 20.0 Å². The minimum Gasteiger partial charge on any atom is -0.356 e. The van der Waals surface area contributed by atoms with Gasteiger partial charge >= 0.3 is 0 Å². The molecule has 0 saturated carbocycles. The predicted molar refractivity (Wildman–Crippen MR) is 98.6 cm³/mol. The Bertz CT molecular complexity index is 545. The standard InChI is InChI=1S/C15H23N5.HI/c1-4-12(2)18-15(16-3)17-9-8-13-11-20-10-6-5-7-14(20)19-13;/h5-7,10-12H,4,8-9H2,1-3H3,(H2,16,17,18);1H. The van der Waals surface area contributed by atoms with Crippen molar-refractivity contribution in [2.24, 2.45) is 4.99 Å². The minimum absolute atomic E-state index is 0. The number of hydrogen-bond acceptors (Lipinski definition) is 2. The van der Waals surface area contributed by atoms with Crippen LogP contribution in [0.15, 0.2) is 35.6 Å². The number of halogens is 1. The first kappa shape index (κ1) is 17.7. The Morgan fingerprint density at radius 2 is 2.24 bits per heavy atom. The van der Waals surface area contributed by atoms with Gasteiger partial charge in [-0.3, -0.25) is 4.99 Å². The highest BCUT2D eigenvalue weighted by Gasteiger charge is 2.04. The van der Waals surface area contributed by atoms with Gasteiger partial charge in [0.25, 0.3) is 0 Å². The van der Waals surface area contributed by atoms with Crippen molar-refractivity contribution in [3.05, 3.63) is 36.3 Å². The van der Waals surface area contributed by atoms with Crippen LogP contribution in [0, 0.1) is 0 Å². The van der Waals surface area contributed by atoms with Gasteiger partial charge in [0.2, 0.25) is 0 Å². The largest absolute Gasteiger partial charge is 0.356 e. The number of pyridine rings is 1. The molecule has 0 amide bonds. The second-order valence-electron chi connectivity index (χ2n) is 4.90. The maximum Gasteiger partial charge on any atom is 0.191 e. The molecule has 0 aliphatic rings. The molecule has 2 heterocycles. The zero-order valence-corrected chi connectivity index (χ0v) is 15.2. The first-order valence-electron chi connectivity index (χ1n) is 7.12. The van der Waals surface area contributed by atoms with Crippen LogP contribution in [0.2, 0.25) is 0 Å². The molecule has 116 valence electrons. The summed E-state index contributed by atoms with van der Waals surface area (Å²) in [5.41, 5.74) is 2.08. The van der Waals surface area contributed by atoms with Crippen LogP contribution in [0.5, 0.6) is 0 Å². The number of aliphatic imine (C=N–C) groups is 1. The fraction of sp³-hybridized carbons (Fsp3) is 0.467. The van der Waals surface area contributed by atoms with Crippen LogP contribution >= 0.6 is 24.0 Å². The lowest BCUT2D eigenvalue weighted by Gasteiger charge is -2.16. The average Bonchev–Trinajstić information content (AvgIpc) is 2.88. The molecule has 21 heavy (non-hydrogen) atoms. The Balaban J connectivity index is 0.00000220. The second-order valence-corrected chi connectivity index (χ2v) is 4.90. The monoisotopic (exact) mass is 401 g/mol. The quantitative estimate of drug-likeness (QED) is 0.460. The lowest BCUT2D eigenvalue weighted by molar-refractivity contribution is 0.624. The number of aromatic nitrogens is 2. The van der Waals surface area contributed by atoms with E-state index in [1.165, 1.54) is 0 Å². The van der Waals surface area contributed by atoms with Crippen LogP contribution in [0.1, 0.15) is 26.0 Å². The number of fused-ring (bicyclic) bond motifs is 1. The first-order valence-corrected chi connectivity index (χ1v) is 7.12. The normalized spacial score (nSPS) is 12.8. The molecule has 0 bridgehead atoms. The van der Waals surface area contributed by atoms with Crippen molar-refractivity contribution in [2.45, 2.75) is 32.7 Å². The van der Waals surface area contributed by atoms with Crippen LogP contribution in [0.3, 0.4) is 0 Å². The molecule has 2 N–H and O–H groups in total. The molecule has 6 heteroatoms. The van der Waals surface area contributed by atoms with E-state index in [-0.39, 0.29) is 24.0 Å². The van der Waals surface area contributed by atoms with E-state index in [0.717, 1.165) is 36.7 Å². The average molecular weight is 401 g/mol. The Labute approximate surface area is 143 Å². The van der Waals surface area contributed by atoms with E-state index >= 15 is 0 Å². The van der Waals surface area contributed by atoms with Gasteiger partial charge < -0.3 is 15.0 Å². The summed E-state index contributed by atoms with van der Waals surface area (Å²) in [7, 11) is 1.79. The van der Waals surface area contributed by atoms with Gasteiger partial charge in [0.1, 0.15) is 5.65 Å². The van der Waals surface area contributed by atoms with Gasteiger partial charge in [0.15, 0.2) is 5.96 Å². The van der Waals surface area contributed by atoms with Crippen molar-refractivity contribution < 1.29 is 0 Å². The molecule has 1 unspecified atom stereocenters. The van der Waals surface area contributed by atoms with Gasteiger partial charge in [-0.05, 0) is 25.5 Å². The molecule has 1 atom stereocenters. The molecule has 0 radical (unpaired) electrons. The third kappa shape index (κ3) is 5.18. The zero-order valence-electron chi connectivity index (χ0n) is 12.8. The smallest absolute Gasteiger partial charge is 0.191 e. The summed E-state index contributed by atoms with van der Waals surface area (Å²) in [6.45, 7) is 5.12. The molecule has 0 aromatic carbocycles. The molecular formula is C15H24IN5. The molecule has 5 nitrogen and oxygen atoms in total. The van der Waals surface area contributed by atoms with E-state index < -0.39 is 0 Å². The van der Waals surface area contributed by atoms with Gasteiger partial charge in [-0.25, -0.2) is 4.98 Å². The number of nitrogens with one attached hydrogen (secondary N) is 2. The van der Waals surface area contributed by atoms with Crippen molar-refractivity contribution in [2.75, 3.05) is 13.6 Å². The summed E-state index contributed by atoms with van der Waals surface area (Å²) in [5, 5.41) is 6.66. The molecule has 2 aromatic heterocycles.